The van der Waals surface area contributed by atoms with Gasteiger partial charge in [0.2, 0.25) is 11.8 Å². The van der Waals surface area contributed by atoms with Gasteiger partial charge >= 0.3 is 0 Å². The summed E-state index contributed by atoms with van der Waals surface area (Å²) in [6, 6.07) is 16.7. The van der Waals surface area contributed by atoms with E-state index in [4.69, 9.17) is 11.6 Å². The Hall–Kier alpha value is -3.36. The minimum absolute atomic E-state index is 0.0481. The molecule has 1 atom stereocenters. The van der Waals surface area contributed by atoms with E-state index in [2.05, 4.69) is 20.6 Å². The molecule has 1 unspecified atom stereocenters. The highest BCUT2D eigenvalue weighted by molar-refractivity contribution is 8.01. The van der Waals surface area contributed by atoms with E-state index in [1.165, 1.54) is 11.8 Å². The Morgan fingerprint density at radius 1 is 1.16 bits per heavy atom. The summed E-state index contributed by atoms with van der Waals surface area (Å²) in [7, 11) is 0. The second-order valence-corrected chi connectivity index (χ2v) is 8.68. The zero-order valence-corrected chi connectivity index (χ0v) is 17.7. The number of amides is 2. The molecule has 9 heteroatoms. The van der Waals surface area contributed by atoms with E-state index in [0.717, 1.165) is 15.9 Å². The maximum absolute atomic E-state index is 12.5. The number of para-hydroxylation sites is 2. The van der Waals surface area contributed by atoms with Gasteiger partial charge in [-0.05, 0) is 42.5 Å². The molecule has 31 heavy (non-hydrogen) atoms. The number of nitrogens with zero attached hydrogens (tertiary/aromatic N) is 3. The van der Waals surface area contributed by atoms with E-state index >= 15 is 0 Å². The number of anilines is 2. The summed E-state index contributed by atoms with van der Waals surface area (Å²) in [5.41, 5.74) is 3.07. The van der Waals surface area contributed by atoms with E-state index in [9.17, 15) is 9.59 Å². The van der Waals surface area contributed by atoms with Crippen LogP contribution in [0.1, 0.15) is 6.42 Å². The first-order valence-electron chi connectivity index (χ1n) is 9.52. The molecule has 0 fully saturated rings. The van der Waals surface area contributed by atoms with Gasteiger partial charge in [-0.15, -0.1) is 11.8 Å². The van der Waals surface area contributed by atoms with Gasteiger partial charge in [-0.3, -0.25) is 14.2 Å². The van der Waals surface area contributed by atoms with Crippen molar-refractivity contribution in [3.8, 4) is 5.82 Å². The SMILES string of the molecule is O=C(CC1Sc2ccc(Cl)cc2NC1=O)Nc1ccc(-n2cnc3ccccc32)nc1. The molecular weight excluding hydrogens is 434 g/mol. The lowest BCUT2D eigenvalue weighted by Gasteiger charge is -2.23. The highest BCUT2D eigenvalue weighted by Gasteiger charge is 2.29. The van der Waals surface area contributed by atoms with Crippen LogP contribution < -0.4 is 10.6 Å². The number of thioether (sulfide) groups is 1. The fraction of sp³-hybridized carbons (Fsp3) is 0.0909. The fourth-order valence-corrected chi connectivity index (χ4v) is 4.64. The molecule has 5 rings (SSSR count). The summed E-state index contributed by atoms with van der Waals surface area (Å²) >= 11 is 7.33. The third-order valence-electron chi connectivity index (χ3n) is 4.86. The van der Waals surface area contributed by atoms with Crippen molar-refractivity contribution in [1.82, 2.24) is 14.5 Å². The normalized spacial score (nSPS) is 15.4. The first-order chi connectivity index (χ1) is 15.1. The van der Waals surface area contributed by atoms with Crippen LogP contribution in [0.2, 0.25) is 5.02 Å². The van der Waals surface area contributed by atoms with Gasteiger partial charge in [0.15, 0.2) is 0 Å². The molecule has 0 spiro atoms. The van der Waals surface area contributed by atoms with E-state index in [1.807, 2.05) is 41.0 Å². The number of rotatable bonds is 4. The number of carbonyl (C=O) groups is 2. The minimum Gasteiger partial charge on any atom is -0.325 e. The van der Waals surface area contributed by atoms with Crippen LogP contribution in [-0.2, 0) is 9.59 Å². The van der Waals surface area contributed by atoms with Gasteiger partial charge in [-0.25, -0.2) is 9.97 Å². The number of pyridine rings is 1. The molecule has 4 aromatic rings. The van der Waals surface area contributed by atoms with Crippen molar-refractivity contribution in [3.63, 3.8) is 0 Å². The summed E-state index contributed by atoms with van der Waals surface area (Å²) in [6.07, 6.45) is 3.36. The quantitative estimate of drug-likeness (QED) is 0.478. The molecule has 2 amide bonds. The number of hydrogen-bond acceptors (Lipinski definition) is 5. The molecule has 0 radical (unpaired) electrons. The monoisotopic (exact) mass is 449 g/mol. The summed E-state index contributed by atoms with van der Waals surface area (Å²) in [5, 5.41) is 5.66. The van der Waals surface area contributed by atoms with Crippen molar-refractivity contribution < 1.29 is 9.59 Å². The summed E-state index contributed by atoms with van der Waals surface area (Å²) in [6.45, 7) is 0. The minimum atomic E-state index is -0.516. The van der Waals surface area contributed by atoms with E-state index in [0.29, 0.717) is 22.2 Å². The van der Waals surface area contributed by atoms with E-state index in [-0.39, 0.29) is 18.2 Å². The molecule has 154 valence electrons. The van der Waals surface area contributed by atoms with Gasteiger partial charge in [-0.2, -0.15) is 0 Å². The molecule has 0 saturated carbocycles. The molecule has 7 nitrogen and oxygen atoms in total. The molecule has 2 N–H and O–H groups in total. The Morgan fingerprint density at radius 2 is 2.03 bits per heavy atom. The van der Waals surface area contributed by atoms with Crippen LogP contribution in [0, 0.1) is 0 Å². The lowest BCUT2D eigenvalue weighted by molar-refractivity contribution is -0.120. The second kappa shape index (κ2) is 8.05. The average molecular weight is 450 g/mol. The van der Waals surface area contributed by atoms with Gasteiger partial charge in [0, 0.05) is 16.3 Å². The number of carbonyl (C=O) groups excluding carboxylic acids is 2. The smallest absolute Gasteiger partial charge is 0.238 e. The van der Waals surface area contributed by atoms with Crippen LogP contribution in [0.15, 0.2) is 72.0 Å². The molecule has 1 aliphatic rings. The largest absolute Gasteiger partial charge is 0.325 e. The molecule has 0 aliphatic carbocycles. The molecule has 1 aliphatic heterocycles. The first-order valence-corrected chi connectivity index (χ1v) is 10.8. The fourth-order valence-electron chi connectivity index (χ4n) is 3.38. The topological polar surface area (TPSA) is 88.9 Å². The van der Waals surface area contributed by atoms with Crippen LogP contribution in [0.25, 0.3) is 16.9 Å². The third-order valence-corrected chi connectivity index (χ3v) is 6.37. The Labute approximate surface area is 186 Å². The molecule has 2 aromatic heterocycles. The average Bonchev–Trinajstić information content (AvgIpc) is 3.19. The van der Waals surface area contributed by atoms with Crippen molar-refractivity contribution in [3.05, 3.63) is 72.1 Å². The Balaban J connectivity index is 1.26. The van der Waals surface area contributed by atoms with Gasteiger partial charge in [-0.1, -0.05) is 23.7 Å². The maximum Gasteiger partial charge on any atom is 0.238 e. The van der Waals surface area contributed by atoms with Crippen molar-refractivity contribution in [2.75, 3.05) is 10.6 Å². The highest BCUT2D eigenvalue weighted by Crippen LogP contribution is 2.38. The number of benzene rings is 2. The standard InChI is InChI=1S/C22H16ClN5O2S/c23-13-5-7-18-16(9-13)27-22(30)19(31-18)10-21(29)26-14-6-8-20(24-11-14)28-12-25-15-3-1-2-4-17(15)28/h1-9,11-12,19H,10H2,(H,26,29)(H,27,30). The molecule has 3 heterocycles. The van der Waals surface area contributed by atoms with Gasteiger partial charge < -0.3 is 10.6 Å². The lowest BCUT2D eigenvalue weighted by atomic mass is 10.2. The lowest BCUT2D eigenvalue weighted by Crippen LogP contribution is -2.32. The summed E-state index contributed by atoms with van der Waals surface area (Å²) in [4.78, 5) is 34.6. The number of imidazole rings is 1. The third kappa shape index (κ3) is 3.99. The predicted molar refractivity (Wildman–Crippen MR) is 122 cm³/mol. The van der Waals surface area contributed by atoms with Gasteiger partial charge in [0.05, 0.1) is 33.9 Å². The van der Waals surface area contributed by atoms with Crippen molar-refractivity contribution in [2.24, 2.45) is 0 Å². The van der Waals surface area contributed by atoms with Crippen molar-refractivity contribution >= 4 is 57.6 Å². The second-order valence-electron chi connectivity index (χ2n) is 7.00. The Bertz CT molecular complexity index is 1310. The van der Waals surface area contributed by atoms with E-state index in [1.54, 1.807) is 30.7 Å². The summed E-state index contributed by atoms with van der Waals surface area (Å²) in [5.74, 6) is 0.229. The predicted octanol–water partition coefficient (Wildman–Crippen LogP) is 4.52. The van der Waals surface area contributed by atoms with Crippen LogP contribution >= 0.6 is 23.4 Å². The molecule has 0 saturated heterocycles. The first kappa shape index (κ1) is 19.6. The van der Waals surface area contributed by atoms with Gasteiger partial charge in [0.1, 0.15) is 12.1 Å². The maximum atomic E-state index is 12.5. The zero-order valence-electron chi connectivity index (χ0n) is 16.1. The zero-order chi connectivity index (χ0) is 21.4. The number of fused-ring (bicyclic) bond motifs is 2. The molecule has 0 bridgehead atoms. The molecular formula is C22H16ClN5O2S. The van der Waals surface area contributed by atoms with Crippen LogP contribution in [0.3, 0.4) is 0 Å². The van der Waals surface area contributed by atoms with E-state index < -0.39 is 5.25 Å². The van der Waals surface area contributed by atoms with Gasteiger partial charge in [0.25, 0.3) is 0 Å². The van der Waals surface area contributed by atoms with Crippen LogP contribution in [0.5, 0.6) is 0 Å². The molecule has 2 aromatic carbocycles. The van der Waals surface area contributed by atoms with Crippen LogP contribution in [0.4, 0.5) is 11.4 Å². The number of aromatic nitrogens is 3. The number of nitrogens with one attached hydrogen (secondary N) is 2. The highest BCUT2D eigenvalue weighted by atomic mass is 35.5. The van der Waals surface area contributed by atoms with Crippen molar-refractivity contribution in [1.29, 1.82) is 0 Å². The Kier molecular flexibility index (Phi) is 5.09. The Morgan fingerprint density at radius 3 is 2.87 bits per heavy atom. The number of halogens is 1. The summed E-state index contributed by atoms with van der Waals surface area (Å²) < 4.78 is 1.88. The van der Waals surface area contributed by atoms with Crippen LogP contribution in [-0.4, -0.2) is 31.6 Å². The van der Waals surface area contributed by atoms with Crippen molar-refractivity contribution in [2.45, 2.75) is 16.6 Å². The number of hydrogen-bond donors (Lipinski definition) is 2.